The van der Waals surface area contributed by atoms with Crippen molar-refractivity contribution in [3.63, 3.8) is 0 Å². The molecule has 25 heavy (non-hydrogen) atoms. The predicted molar refractivity (Wildman–Crippen MR) is 96.6 cm³/mol. The Morgan fingerprint density at radius 1 is 1.36 bits per heavy atom. The Hall–Kier alpha value is -2.16. The molecule has 5 nitrogen and oxygen atoms in total. The molecule has 2 aromatic heterocycles. The van der Waals surface area contributed by atoms with Crippen LogP contribution in [0.1, 0.15) is 14.5 Å². The van der Waals surface area contributed by atoms with Gasteiger partial charge in [-0.1, -0.05) is 11.6 Å². The summed E-state index contributed by atoms with van der Waals surface area (Å²) in [5.41, 5.74) is 0.450. The van der Waals surface area contributed by atoms with Crippen LogP contribution in [0.25, 0.3) is 0 Å². The topological polar surface area (TPSA) is 60.5 Å². The van der Waals surface area contributed by atoms with Crippen LogP contribution in [-0.2, 0) is 11.3 Å². The molecule has 0 aliphatic heterocycles. The maximum absolute atomic E-state index is 13.6. The van der Waals surface area contributed by atoms with Crippen LogP contribution in [0, 0.1) is 5.82 Å². The molecule has 1 aromatic carbocycles. The highest BCUT2D eigenvalue weighted by molar-refractivity contribution is 7.15. The Bertz CT molecular complexity index is 897. The largest absolute Gasteiger partial charge is 0.465 e. The lowest BCUT2D eigenvalue weighted by Crippen LogP contribution is -2.03. The van der Waals surface area contributed by atoms with Gasteiger partial charge >= 0.3 is 5.97 Å². The van der Waals surface area contributed by atoms with Gasteiger partial charge in [-0.2, -0.15) is 0 Å². The van der Waals surface area contributed by atoms with E-state index in [1.54, 1.807) is 17.6 Å². The molecule has 0 atom stereocenters. The van der Waals surface area contributed by atoms with Gasteiger partial charge in [-0.15, -0.1) is 22.7 Å². The van der Waals surface area contributed by atoms with Crippen LogP contribution in [0.4, 0.5) is 10.1 Å². The zero-order chi connectivity index (χ0) is 17.8. The van der Waals surface area contributed by atoms with Crippen LogP contribution < -0.4 is 10.1 Å². The van der Waals surface area contributed by atoms with Crippen LogP contribution in [0.15, 0.2) is 35.8 Å². The summed E-state index contributed by atoms with van der Waals surface area (Å²) < 4.78 is 24.6. The molecule has 3 rings (SSSR count). The molecule has 0 amide bonds. The summed E-state index contributed by atoms with van der Waals surface area (Å²) in [5, 5.41) is 4.81. The number of ether oxygens (including phenoxy) is 2. The van der Waals surface area contributed by atoms with Gasteiger partial charge in [0.1, 0.15) is 5.82 Å². The van der Waals surface area contributed by atoms with E-state index in [1.807, 2.05) is 0 Å². The molecule has 0 aliphatic rings. The highest BCUT2D eigenvalue weighted by Gasteiger charge is 2.17. The van der Waals surface area contributed by atoms with Crippen LogP contribution in [0.5, 0.6) is 11.5 Å². The lowest BCUT2D eigenvalue weighted by atomic mass is 10.2. The lowest BCUT2D eigenvalue weighted by molar-refractivity contribution is 0.0604. The van der Waals surface area contributed by atoms with Crippen molar-refractivity contribution in [2.45, 2.75) is 6.54 Å². The SMILES string of the molecule is COC(=O)c1sccc1Oc1ccc(F)cc1NCc1cnc(Cl)s1. The first-order valence-electron chi connectivity index (χ1n) is 7.04. The van der Waals surface area contributed by atoms with Crippen LogP contribution in [-0.4, -0.2) is 18.1 Å². The fraction of sp³-hybridized carbons (Fsp3) is 0.125. The number of hydrogen-bond donors (Lipinski definition) is 1. The van der Waals surface area contributed by atoms with Gasteiger partial charge in [0, 0.05) is 17.1 Å². The van der Waals surface area contributed by atoms with Crippen molar-refractivity contribution < 1.29 is 18.7 Å². The molecule has 1 N–H and O–H groups in total. The highest BCUT2D eigenvalue weighted by Crippen LogP contribution is 2.35. The Labute approximate surface area is 156 Å². The second-order valence-electron chi connectivity index (χ2n) is 4.78. The Kier molecular flexibility index (Phi) is 5.52. The third-order valence-electron chi connectivity index (χ3n) is 3.14. The van der Waals surface area contributed by atoms with Crippen molar-refractivity contribution in [2.75, 3.05) is 12.4 Å². The van der Waals surface area contributed by atoms with E-state index in [4.69, 9.17) is 21.1 Å². The first-order chi connectivity index (χ1) is 12.1. The van der Waals surface area contributed by atoms with Gasteiger partial charge in [-0.25, -0.2) is 14.2 Å². The zero-order valence-corrected chi connectivity index (χ0v) is 15.3. The van der Waals surface area contributed by atoms with E-state index in [2.05, 4.69) is 10.3 Å². The molecular formula is C16H12ClFN2O3S2. The molecule has 0 saturated heterocycles. The van der Waals surface area contributed by atoms with Crippen molar-refractivity contribution in [2.24, 2.45) is 0 Å². The second-order valence-corrected chi connectivity index (χ2v) is 7.39. The predicted octanol–water partition coefficient (Wildman–Crippen LogP) is 5.19. The minimum atomic E-state index is -0.485. The fourth-order valence-corrected chi connectivity index (χ4v) is 3.67. The number of esters is 1. The second kappa shape index (κ2) is 7.81. The maximum atomic E-state index is 13.6. The molecule has 0 bridgehead atoms. The van der Waals surface area contributed by atoms with Gasteiger partial charge in [0.05, 0.1) is 19.3 Å². The molecule has 2 heterocycles. The first kappa shape index (κ1) is 17.7. The number of aromatic nitrogens is 1. The van der Waals surface area contributed by atoms with Gasteiger partial charge in [0.15, 0.2) is 20.8 Å². The number of nitrogens with zero attached hydrogens (tertiary/aromatic N) is 1. The molecule has 0 saturated carbocycles. The molecule has 0 radical (unpaired) electrons. The Morgan fingerprint density at radius 2 is 2.20 bits per heavy atom. The van der Waals surface area contributed by atoms with Crippen molar-refractivity contribution in [1.82, 2.24) is 4.98 Å². The summed E-state index contributed by atoms with van der Waals surface area (Å²) in [6.07, 6.45) is 1.65. The minimum absolute atomic E-state index is 0.340. The molecule has 9 heteroatoms. The molecule has 130 valence electrons. The van der Waals surface area contributed by atoms with Crippen molar-refractivity contribution in [3.8, 4) is 11.5 Å². The Balaban J connectivity index is 1.82. The number of nitrogens with one attached hydrogen (secondary N) is 1. The number of halogens is 2. The number of rotatable bonds is 6. The number of thiophene rings is 1. The molecule has 0 fully saturated rings. The van der Waals surface area contributed by atoms with Gasteiger partial charge in [0.25, 0.3) is 0 Å². The number of hydrogen-bond acceptors (Lipinski definition) is 7. The number of carbonyl (C=O) groups excluding carboxylic acids is 1. The van der Waals surface area contributed by atoms with Crippen molar-refractivity contribution >= 4 is 45.9 Å². The third kappa shape index (κ3) is 4.28. The van der Waals surface area contributed by atoms with E-state index in [-0.39, 0.29) is 0 Å². The molecule has 3 aromatic rings. The zero-order valence-electron chi connectivity index (χ0n) is 12.9. The smallest absolute Gasteiger partial charge is 0.351 e. The van der Waals surface area contributed by atoms with Gasteiger partial charge in [-0.05, 0) is 23.6 Å². The maximum Gasteiger partial charge on any atom is 0.351 e. The van der Waals surface area contributed by atoms with Gasteiger partial charge < -0.3 is 14.8 Å². The fourth-order valence-electron chi connectivity index (χ4n) is 2.01. The summed E-state index contributed by atoms with van der Waals surface area (Å²) >= 11 is 8.34. The van der Waals surface area contributed by atoms with E-state index in [0.717, 1.165) is 4.88 Å². The van der Waals surface area contributed by atoms with Gasteiger partial charge in [-0.3, -0.25) is 0 Å². The van der Waals surface area contributed by atoms with Crippen LogP contribution >= 0.6 is 34.3 Å². The molecule has 0 spiro atoms. The quantitative estimate of drug-likeness (QED) is 0.579. The number of methoxy groups -OCH3 is 1. The standard InChI is InChI=1S/C16H12ClFN2O3S2/c1-22-15(21)14-13(4-5-24-14)23-12-3-2-9(18)6-11(12)19-7-10-8-20-16(17)25-10/h2-6,8,19H,7H2,1H3. The van der Waals surface area contributed by atoms with Crippen LogP contribution in [0.2, 0.25) is 4.47 Å². The summed E-state index contributed by atoms with van der Waals surface area (Å²) in [7, 11) is 1.30. The summed E-state index contributed by atoms with van der Waals surface area (Å²) in [4.78, 5) is 16.9. The lowest BCUT2D eigenvalue weighted by Gasteiger charge is -2.12. The number of thiazole rings is 1. The Morgan fingerprint density at radius 3 is 2.92 bits per heavy atom. The molecule has 0 unspecified atom stereocenters. The van der Waals surface area contributed by atoms with E-state index < -0.39 is 11.8 Å². The summed E-state index contributed by atoms with van der Waals surface area (Å²) in [6, 6.07) is 5.76. The van der Waals surface area contributed by atoms with E-state index in [1.165, 1.54) is 48.0 Å². The number of anilines is 1. The first-order valence-corrected chi connectivity index (χ1v) is 9.11. The van der Waals surface area contributed by atoms with Gasteiger partial charge in [0.2, 0.25) is 0 Å². The average Bonchev–Trinajstić information content (AvgIpc) is 3.23. The average molecular weight is 399 g/mol. The third-order valence-corrected chi connectivity index (χ3v) is 5.13. The number of carbonyl (C=O) groups is 1. The normalized spacial score (nSPS) is 10.5. The van der Waals surface area contributed by atoms with E-state index in [0.29, 0.717) is 33.1 Å². The number of benzene rings is 1. The monoisotopic (exact) mass is 398 g/mol. The summed E-state index contributed by atoms with van der Waals surface area (Å²) in [6.45, 7) is 0.414. The summed E-state index contributed by atoms with van der Waals surface area (Å²) in [5.74, 6) is -0.149. The van der Waals surface area contributed by atoms with E-state index in [9.17, 15) is 9.18 Å². The molecular weight excluding hydrogens is 387 g/mol. The van der Waals surface area contributed by atoms with E-state index >= 15 is 0 Å². The van der Waals surface area contributed by atoms with Crippen molar-refractivity contribution in [1.29, 1.82) is 0 Å². The molecule has 0 aliphatic carbocycles. The van der Waals surface area contributed by atoms with Crippen LogP contribution in [0.3, 0.4) is 0 Å². The highest BCUT2D eigenvalue weighted by atomic mass is 35.5. The minimum Gasteiger partial charge on any atom is -0.465 e. The van der Waals surface area contributed by atoms with Crippen molar-refractivity contribution in [3.05, 3.63) is 55.9 Å².